The average molecular weight is 163 g/mol. The molecule has 1 rings (SSSR count). The molecule has 1 saturated heterocycles. The third-order valence-electron chi connectivity index (χ3n) is 2.21. The van der Waals surface area contributed by atoms with Crippen LogP contribution in [-0.4, -0.2) is 30.3 Å². The third kappa shape index (κ3) is 1.86. The molecule has 0 bridgehead atoms. The summed E-state index contributed by atoms with van der Waals surface area (Å²) in [6.07, 6.45) is 1.14. The number of piperidine rings is 1. The van der Waals surface area contributed by atoms with Crippen LogP contribution in [-0.2, 0) is 0 Å². The first-order chi connectivity index (χ1) is 4.74. The highest BCUT2D eigenvalue weighted by molar-refractivity contribution is 7.95. The Balaban J connectivity index is 2.38. The maximum absolute atomic E-state index is 12.2. The van der Waals surface area contributed by atoms with E-state index < -0.39 is 0 Å². The Bertz CT molecular complexity index is 110. The van der Waals surface area contributed by atoms with E-state index in [4.69, 9.17) is 0 Å². The second-order valence-electron chi connectivity index (χ2n) is 3.16. The van der Waals surface area contributed by atoms with E-state index in [2.05, 4.69) is 18.9 Å². The molecule has 1 unspecified atom stereocenters. The van der Waals surface area contributed by atoms with Gasteiger partial charge in [-0.25, -0.2) is 0 Å². The predicted molar refractivity (Wildman–Crippen MR) is 43.8 cm³/mol. The van der Waals surface area contributed by atoms with Gasteiger partial charge < -0.3 is 4.90 Å². The van der Waals surface area contributed by atoms with Gasteiger partial charge in [-0.3, -0.25) is 0 Å². The molecule has 0 aromatic rings. The van der Waals surface area contributed by atoms with Gasteiger partial charge in [0, 0.05) is 18.7 Å². The van der Waals surface area contributed by atoms with Crippen LogP contribution >= 0.6 is 12.1 Å². The molecule has 2 atom stereocenters. The Kier molecular flexibility index (Phi) is 2.98. The zero-order chi connectivity index (χ0) is 7.56. The number of hydrogen-bond acceptors (Lipinski definition) is 2. The van der Waals surface area contributed by atoms with E-state index in [1.54, 1.807) is 0 Å². The van der Waals surface area contributed by atoms with Gasteiger partial charge in [0.15, 0.2) is 0 Å². The minimum absolute atomic E-state index is 0.207. The molecule has 0 aromatic carbocycles. The lowest BCUT2D eigenvalue weighted by atomic mass is 9.99. The van der Waals surface area contributed by atoms with Gasteiger partial charge in [0.05, 0.1) is 5.25 Å². The lowest BCUT2D eigenvalue weighted by Gasteiger charge is -2.32. The Labute approximate surface area is 66.3 Å². The molecule has 0 radical (unpaired) electrons. The van der Waals surface area contributed by atoms with Crippen molar-refractivity contribution in [2.45, 2.75) is 18.6 Å². The standard InChI is InChI=1S/C7H14FNS/c1-6-3-4-9(2)5-7(6)10-8/h6-7H,3-5H2,1-2H3/t6-,7?/m0/s1. The SMILES string of the molecule is C[C@H]1CCN(C)CC1SF. The van der Waals surface area contributed by atoms with Crippen molar-refractivity contribution >= 4 is 12.1 Å². The smallest absolute Gasteiger partial charge is 0.0516 e. The van der Waals surface area contributed by atoms with Crippen molar-refractivity contribution < 1.29 is 3.89 Å². The van der Waals surface area contributed by atoms with E-state index in [1.807, 2.05) is 0 Å². The van der Waals surface area contributed by atoms with Crippen LogP contribution in [0.25, 0.3) is 0 Å². The van der Waals surface area contributed by atoms with Crippen molar-refractivity contribution in [2.24, 2.45) is 5.92 Å². The van der Waals surface area contributed by atoms with Crippen molar-refractivity contribution in [3.63, 3.8) is 0 Å². The summed E-state index contributed by atoms with van der Waals surface area (Å²) in [5.41, 5.74) is 0. The Hall–Kier alpha value is 0.240. The van der Waals surface area contributed by atoms with Crippen LogP contribution in [0.4, 0.5) is 3.89 Å². The van der Waals surface area contributed by atoms with Gasteiger partial charge >= 0.3 is 0 Å². The molecular weight excluding hydrogens is 149 g/mol. The maximum Gasteiger partial charge on any atom is 0.0516 e. The van der Waals surface area contributed by atoms with E-state index in [-0.39, 0.29) is 5.25 Å². The summed E-state index contributed by atoms with van der Waals surface area (Å²) < 4.78 is 12.2. The Morgan fingerprint density at radius 1 is 1.60 bits per heavy atom. The zero-order valence-corrected chi connectivity index (χ0v) is 7.33. The molecular formula is C7H14FNS. The summed E-state index contributed by atoms with van der Waals surface area (Å²) in [5, 5.41) is 0.207. The second kappa shape index (κ2) is 3.58. The molecule has 1 heterocycles. The first-order valence-electron chi connectivity index (χ1n) is 3.70. The normalized spacial score (nSPS) is 36.3. The summed E-state index contributed by atoms with van der Waals surface area (Å²) in [6.45, 7) is 4.16. The molecule has 0 N–H and O–H groups in total. The number of likely N-dealkylation sites (tertiary alicyclic amines) is 1. The number of halogens is 1. The fourth-order valence-corrected chi connectivity index (χ4v) is 1.93. The van der Waals surface area contributed by atoms with E-state index in [0.717, 1.165) is 19.5 Å². The van der Waals surface area contributed by atoms with E-state index in [1.165, 1.54) is 0 Å². The fraction of sp³-hybridized carbons (Fsp3) is 1.00. The molecule has 1 aliphatic heterocycles. The molecule has 10 heavy (non-hydrogen) atoms. The Morgan fingerprint density at radius 2 is 2.30 bits per heavy atom. The van der Waals surface area contributed by atoms with Crippen LogP contribution in [0.2, 0.25) is 0 Å². The van der Waals surface area contributed by atoms with Crippen molar-refractivity contribution in [3.8, 4) is 0 Å². The average Bonchev–Trinajstić information content (AvgIpc) is 1.94. The molecule has 0 aliphatic carbocycles. The fourth-order valence-electron chi connectivity index (χ4n) is 1.30. The quantitative estimate of drug-likeness (QED) is 0.581. The first-order valence-corrected chi connectivity index (χ1v) is 4.48. The van der Waals surface area contributed by atoms with Crippen molar-refractivity contribution in [3.05, 3.63) is 0 Å². The van der Waals surface area contributed by atoms with Crippen LogP contribution in [0.5, 0.6) is 0 Å². The molecule has 1 fully saturated rings. The molecule has 0 aromatic heterocycles. The molecule has 60 valence electrons. The van der Waals surface area contributed by atoms with Crippen LogP contribution < -0.4 is 0 Å². The molecule has 1 nitrogen and oxygen atoms in total. The van der Waals surface area contributed by atoms with Crippen LogP contribution in [0, 0.1) is 5.92 Å². The van der Waals surface area contributed by atoms with E-state index in [9.17, 15) is 3.89 Å². The summed E-state index contributed by atoms with van der Waals surface area (Å²) in [7, 11) is 2.05. The topological polar surface area (TPSA) is 3.24 Å². The molecule has 1 aliphatic rings. The number of hydrogen-bond donors (Lipinski definition) is 0. The molecule has 0 spiro atoms. The van der Waals surface area contributed by atoms with Gasteiger partial charge in [-0.15, -0.1) is 0 Å². The van der Waals surface area contributed by atoms with Gasteiger partial charge in [0.1, 0.15) is 0 Å². The van der Waals surface area contributed by atoms with Gasteiger partial charge in [0.25, 0.3) is 0 Å². The third-order valence-corrected chi connectivity index (χ3v) is 3.05. The highest BCUT2D eigenvalue weighted by Crippen LogP contribution is 2.27. The second-order valence-corrected chi connectivity index (χ2v) is 3.94. The Morgan fingerprint density at radius 3 is 2.80 bits per heavy atom. The van der Waals surface area contributed by atoms with Gasteiger partial charge in [-0.05, 0) is 25.9 Å². The molecule has 3 heteroatoms. The van der Waals surface area contributed by atoms with Crippen molar-refractivity contribution in [2.75, 3.05) is 20.1 Å². The maximum atomic E-state index is 12.2. The first kappa shape index (κ1) is 8.34. The summed E-state index contributed by atoms with van der Waals surface area (Å²) in [4.78, 5) is 2.19. The zero-order valence-electron chi connectivity index (χ0n) is 6.51. The van der Waals surface area contributed by atoms with Gasteiger partial charge in [-0.1, -0.05) is 6.92 Å². The predicted octanol–water partition coefficient (Wildman–Crippen LogP) is 1.94. The highest BCUT2D eigenvalue weighted by Gasteiger charge is 2.24. The van der Waals surface area contributed by atoms with Crippen molar-refractivity contribution in [1.29, 1.82) is 0 Å². The highest BCUT2D eigenvalue weighted by atomic mass is 32.2. The summed E-state index contributed by atoms with van der Waals surface area (Å²) in [5.74, 6) is 0.547. The van der Waals surface area contributed by atoms with Gasteiger partial charge in [0.2, 0.25) is 0 Å². The monoisotopic (exact) mass is 163 g/mol. The minimum atomic E-state index is 0.207. The van der Waals surface area contributed by atoms with Gasteiger partial charge in [-0.2, -0.15) is 3.89 Å². The lowest BCUT2D eigenvalue weighted by Crippen LogP contribution is -2.38. The molecule has 0 saturated carbocycles. The number of nitrogens with zero attached hydrogens (tertiary/aromatic N) is 1. The minimum Gasteiger partial charge on any atom is -0.305 e. The van der Waals surface area contributed by atoms with E-state index in [0.29, 0.717) is 18.1 Å². The molecule has 0 amide bonds. The van der Waals surface area contributed by atoms with Crippen molar-refractivity contribution in [1.82, 2.24) is 4.90 Å². The lowest BCUT2D eigenvalue weighted by molar-refractivity contribution is 0.236. The summed E-state index contributed by atoms with van der Waals surface area (Å²) in [6, 6.07) is 0. The largest absolute Gasteiger partial charge is 0.305 e. The number of rotatable bonds is 1. The van der Waals surface area contributed by atoms with Crippen LogP contribution in [0.15, 0.2) is 0 Å². The van der Waals surface area contributed by atoms with Crippen LogP contribution in [0.3, 0.4) is 0 Å². The van der Waals surface area contributed by atoms with Crippen LogP contribution in [0.1, 0.15) is 13.3 Å². The summed E-state index contributed by atoms with van der Waals surface area (Å²) >= 11 is 0.516. The van der Waals surface area contributed by atoms with E-state index >= 15 is 0 Å².